The number of hydrogen-bond donors (Lipinski definition) is 0. The summed E-state index contributed by atoms with van der Waals surface area (Å²) in [6.07, 6.45) is 11.4. The van der Waals surface area contributed by atoms with Crippen molar-refractivity contribution in [2.24, 2.45) is 5.41 Å². The Labute approximate surface area is 133 Å². The lowest BCUT2D eigenvalue weighted by Gasteiger charge is -2.25. The molecule has 0 amide bonds. The van der Waals surface area contributed by atoms with E-state index >= 15 is 0 Å². The SMILES string of the molecule is C1=CC2=c3ccccc3=C3SC(c4ccccc4)=CC23C=C1. The van der Waals surface area contributed by atoms with Crippen LogP contribution in [0.15, 0.2) is 85.0 Å². The standard InChI is InChI=1S/C21H14S/c1-2-8-15(9-3-1)19-14-21-13-7-6-12-18(21)16-10-4-5-11-17(16)20(21)22-19/h1-14H. The highest BCUT2D eigenvalue weighted by Crippen LogP contribution is 2.59. The van der Waals surface area contributed by atoms with Crippen molar-refractivity contribution in [1.82, 2.24) is 0 Å². The molecule has 0 saturated carbocycles. The lowest BCUT2D eigenvalue weighted by molar-refractivity contribution is 0.912. The second-order valence-corrected chi connectivity index (χ2v) is 6.90. The zero-order valence-corrected chi connectivity index (χ0v) is 12.8. The second kappa shape index (κ2) is 4.37. The van der Waals surface area contributed by atoms with E-state index in [0.717, 1.165) is 0 Å². The maximum Gasteiger partial charge on any atom is 0.0654 e. The van der Waals surface area contributed by atoms with Crippen molar-refractivity contribution in [3.63, 3.8) is 0 Å². The molecule has 1 aliphatic heterocycles. The van der Waals surface area contributed by atoms with E-state index < -0.39 is 0 Å². The average molecular weight is 298 g/mol. The van der Waals surface area contributed by atoms with Crippen molar-refractivity contribution in [2.75, 3.05) is 0 Å². The first-order chi connectivity index (χ1) is 10.9. The van der Waals surface area contributed by atoms with Crippen LogP contribution in [0, 0.1) is 5.41 Å². The molecule has 0 saturated heterocycles. The van der Waals surface area contributed by atoms with Gasteiger partial charge in [0, 0.05) is 9.81 Å². The van der Waals surface area contributed by atoms with Crippen LogP contribution >= 0.6 is 11.8 Å². The Morgan fingerprint density at radius 2 is 1.55 bits per heavy atom. The fraction of sp³-hybridized carbons (Fsp3) is 0.0476. The minimum absolute atomic E-state index is 0.0473. The fourth-order valence-electron chi connectivity index (χ4n) is 3.66. The van der Waals surface area contributed by atoms with Crippen LogP contribution < -0.4 is 10.4 Å². The monoisotopic (exact) mass is 298 g/mol. The third-order valence-electron chi connectivity index (χ3n) is 4.65. The molecule has 0 nitrogen and oxygen atoms in total. The summed E-state index contributed by atoms with van der Waals surface area (Å²) >= 11 is 1.93. The molecule has 0 radical (unpaired) electrons. The number of rotatable bonds is 1. The predicted octanol–water partition coefficient (Wildman–Crippen LogP) is 3.86. The zero-order valence-electron chi connectivity index (χ0n) is 12.0. The molecule has 104 valence electrons. The van der Waals surface area contributed by atoms with Crippen LogP contribution in [0.2, 0.25) is 0 Å². The fourth-order valence-corrected chi connectivity index (χ4v) is 5.07. The van der Waals surface area contributed by atoms with Crippen LogP contribution in [0.4, 0.5) is 0 Å². The minimum atomic E-state index is -0.0473. The first-order valence-corrected chi connectivity index (χ1v) is 8.37. The van der Waals surface area contributed by atoms with E-state index in [0.29, 0.717) is 0 Å². The van der Waals surface area contributed by atoms with E-state index in [4.69, 9.17) is 0 Å². The first-order valence-electron chi connectivity index (χ1n) is 7.55. The van der Waals surface area contributed by atoms with Crippen LogP contribution in [-0.4, -0.2) is 0 Å². The molecule has 0 aromatic heterocycles. The molecule has 2 aromatic rings. The van der Waals surface area contributed by atoms with E-state index in [2.05, 4.69) is 85.0 Å². The number of benzene rings is 2. The molecule has 3 aliphatic rings. The Kier molecular flexibility index (Phi) is 2.45. The van der Waals surface area contributed by atoms with Crippen molar-refractivity contribution in [3.05, 3.63) is 101 Å². The van der Waals surface area contributed by atoms with Crippen LogP contribution in [0.5, 0.6) is 0 Å². The van der Waals surface area contributed by atoms with Crippen molar-refractivity contribution >= 4 is 27.1 Å². The summed E-state index contributed by atoms with van der Waals surface area (Å²) in [6.45, 7) is 0. The molecule has 1 heterocycles. The summed E-state index contributed by atoms with van der Waals surface area (Å²) in [4.78, 5) is 2.82. The topological polar surface area (TPSA) is 0 Å². The molecule has 2 aliphatic carbocycles. The Hall–Kier alpha value is -2.25. The molecule has 1 atom stereocenters. The van der Waals surface area contributed by atoms with E-state index in [1.54, 1.807) is 0 Å². The highest BCUT2D eigenvalue weighted by Gasteiger charge is 2.43. The summed E-state index contributed by atoms with van der Waals surface area (Å²) in [5, 5.41) is 2.77. The summed E-state index contributed by atoms with van der Waals surface area (Å²) in [5.74, 6) is 0. The molecule has 0 fully saturated rings. The van der Waals surface area contributed by atoms with E-state index in [1.165, 1.54) is 31.4 Å². The molecule has 1 heteroatoms. The molecule has 0 N–H and O–H groups in total. The predicted molar refractivity (Wildman–Crippen MR) is 95.2 cm³/mol. The van der Waals surface area contributed by atoms with Crippen LogP contribution in [0.3, 0.4) is 0 Å². The second-order valence-electron chi connectivity index (χ2n) is 5.85. The summed E-state index contributed by atoms with van der Waals surface area (Å²) in [7, 11) is 0. The molecule has 1 unspecified atom stereocenters. The highest BCUT2D eigenvalue weighted by atomic mass is 32.2. The van der Waals surface area contributed by atoms with Gasteiger partial charge in [-0.3, -0.25) is 0 Å². The van der Waals surface area contributed by atoms with Crippen LogP contribution in [0.25, 0.3) is 15.4 Å². The Balaban J connectivity index is 1.82. The van der Waals surface area contributed by atoms with Gasteiger partial charge in [0.1, 0.15) is 0 Å². The molecule has 1 spiro atoms. The third-order valence-corrected chi connectivity index (χ3v) is 5.98. The van der Waals surface area contributed by atoms with E-state index in [1.807, 2.05) is 11.8 Å². The van der Waals surface area contributed by atoms with Gasteiger partial charge >= 0.3 is 0 Å². The Morgan fingerprint density at radius 3 is 2.41 bits per heavy atom. The average Bonchev–Trinajstić information content (AvgIpc) is 3.07. The largest absolute Gasteiger partial charge is 0.0919 e. The van der Waals surface area contributed by atoms with Gasteiger partial charge in [-0.1, -0.05) is 96.7 Å². The maximum atomic E-state index is 2.44. The van der Waals surface area contributed by atoms with E-state index in [9.17, 15) is 0 Å². The Morgan fingerprint density at radius 1 is 0.773 bits per heavy atom. The van der Waals surface area contributed by atoms with Gasteiger partial charge in [0.2, 0.25) is 0 Å². The van der Waals surface area contributed by atoms with Gasteiger partial charge in [-0.2, -0.15) is 0 Å². The van der Waals surface area contributed by atoms with Gasteiger partial charge < -0.3 is 0 Å². The third kappa shape index (κ3) is 1.49. The summed E-state index contributed by atoms with van der Waals surface area (Å²) < 4.78 is 0. The van der Waals surface area contributed by atoms with Gasteiger partial charge in [0.25, 0.3) is 0 Å². The van der Waals surface area contributed by atoms with Crippen molar-refractivity contribution in [2.45, 2.75) is 0 Å². The molecule has 0 bridgehead atoms. The lowest BCUT2D eigenvalue weighted by Crippen LogP contribution is -2.22. The summed E-state index contributed by atoms with van der Waals surface area (Å²) in [6, 6.07) is 19.5. The minimum Gasteiger partial charge on any atom is -0.0919 e. The van der Waals surface area contributed by atoms with Crippen LogP contribution in [-0.2, 0) is 0 Å². The van der Waals surface area contributed by atoms with Crippen LogP contribution in [0.1, 0.15) is 5.56 Å². The quantitative estimate of drug-likeness (QED) is 0.770. The van der Waals surface area contributed by atoms with Gasteiger partial charge in [0.15, 0.2) is 0 Å². The van der Waals surface area contributed by atoms with Crippen molar-refractivity contribution in [3.8, 4) is 0 Å². The van der Waals surface area contributed by atoms with Gasteiger partial charge in [-0.15, -0.1) is 0 Å². The van der Waals surface area contributed by atoms with Gasteiger partial charge in [0.05, 0.1) is 5.41 Å². The maximum absolute atomic E-state index is 2.44. The zero-order chi connectivity index (χ0) is 14.6. The highest BCUT2D eigenvalue weighted by molar-refractivity contribution is 8.16. The van der Waals surface area contributed by atoms with Gasteiger partial charge in [-0.05, 0) is 21.6 Å². The first kappa shape index (κ1) is 12.3. The molecule has 5 rings (SSSR count). The van der Waals surface area contributed by atoms with Crippen molar-refractivity contribution in [1.29, 1.82) is 0 Å². The number of fused-ring (bicyclic) bond motifs is 1. The number of thioether (sulfide) groups is 1. The molecular formula is C21H14S. The number of hydrogen-bond acceptors (Lipinski definition) is 1. The normalized spacial score (nSPS) is 24.1. The van der Waals surface area contributed by atoms with Crippen molar-refractivity contribution < 1.29 is 0 Å². The molecule has 2 aromatic carbocycles. The van der Waals surface area contributed by atoms with E-state index in [-0.39, 0.29) is 5.41 Å². The molecule has 22 heavy (non-hydrogen) atoms. The number of allylic oxidation sites excluding steroid dienone is 5. The Bertz CT molecular complexity index is 990. The van der Waals surface area contributed by atoms with Gasteiger partial charge in [-0.25, -0.2) is 0 Å². The smallest absolute Gasteiger partial charge is 0.0654 e. The lowest BCUT2D eigenvalue weighted by atomic mass is 9.78. The summed E-state index contributed by atoms with van der Waals surface area (Å²) in [5.41, 5.74) is 2.68. The molecular weight excluding hydrogens is 284 g/mol.